The second-order valence-corrected chi connectivity index (χ2v) is 7.99. The Balaban J connectivity index is 1.44. The summed E-state index contributed by atoms with van der Waals surface area (Å²) in [4.78, 5) is 12.9. The second-order valence-electron chi connectivity index (χ2n) is 7.99. The van der Waals surface area contributed by atoms with Crippen molar-refractivity contribution in [3.8, 4) is 5.75 Å². The van der Waals surface area contributed by atoms with Gasteiger partial charge in [0.2, 0.25) is 0 Å². The Hall–Kier alpha value is -2.81. The van der Waals surface area contributed by atoms with E-state index in [1.54, 1.807) is 0 Å². The summed E-state index contributed by atoms with van der Waals surface area (Å²) in [6, 6.07) is 20.7. The normalized spacial score (nSPS) is 15.4. The lowest BCUT2D eigenvalue weighted by molar-refractivity contribution is -0.128. The molecule has 2 unspecified atom stereocenters. The van der Waals surface area contributed by atoms with E-state index >= 15 is 0 Å². The van der Waals surface area contributed by atoms with Gasteiger partial charge in [0, 0.05) is 0 Å². The topological polar surface area (TPSA) is 38.3 Å². The minimum Gasteiger partial charge on any atom is -0.481 e. The van der Waals surface area contributed by atoms with Gasteiger partial charge in [0.1, 0.15) is 5.75 Å². The molecule has 0 saturated heterocycles. The summed E-state index contributed by atoms with van der Waals surface area (Å²) >= 11 is 0. The Morgan fingerprint density at radius 1 is 0.966 bits per heavy atom. The number of rotatable bonds is 6. The van der Waals surface area contributed by atoms with Crippen LogP contribution in [0.5, 0.6) is 5.75 Å². The standard InChI is InChI=1S/C26H29NO2/c1-3-25(29-24-15-14-20-9-5-7-11-23(20)17-24)26(28)27-18(2)21-13-12-19-8-4-6-10-22(19)16-21/h5,7,9,11-18,25H,3-4,6,8,10H2,1-2H3,(H,27,28). The number of hydrogen-bond acceptors (Lipinski definition) is 2. The van der Waals surface area contributed by atoms with E-state index in [0.29, 0.717) is 6.42 Å². The summed E-state index contributed by atoms with van der Waals surface area (Å²) in [6.45, 7) is 4.03. The number of nitrogens with one attached hydrogen (secondary N) is 1. The lowest BCUT2D eigenvalue weighted by Gasteiger charge is -2.23. The maximum Gasteiger partial charge on any atom is 0.261 e. The van der Waals surface area contributed by atoms with Gasteiger partial charge in [0.25, 0.3) is 5.91 Å². The Bertz CT molecular complexity index is 1010. The van der Waals surface area contributed by atoms with Crippen molar-refractivity contribution in [3.05, 3.63) is 77.4 Å². The predicted octanol–water partition coefficient (Wildman–Crippen LogP) is 5.75. The molecule has 3 nitrogen and oxygen atoms in total. The molecule has 0 radical (unpaired) electrons. The van der Waals surface area contributed by atoms with E-state index < -0.39 is 6.10 Å². The molecule has 3 aromatic rings. The Labute approximate surface area is 173 Å². The van der Waals surface area contributed by atoms with Crippen molar-refractivity contribution in [1.29, 1.82) is 0 Å². The highest BCUT2D eigenvalue weighted by atomic mass is 16.5. The number of carbonyl (C=O) groups is 1. The number of hydrogen-bond donors (Lipinski definition) is 1. The van der Waals surface area contributed by atoms with E-state index in [2.05, 4.69) is 35.6 Å². The monoisotopic (exact) mass is 387 g/mol. The van der Waals surface area contributed by atoms with Gasteiger partial charge >= 0.3 is 0 Å². The summed E-state index contributed by atoms with van der Waals surface area (Å²) in [5, 5.41) is 5.43. The fourth-order valence-electron chi connectivity index (χ4n) is 4.14. The van der Waals surface area contributed by atoms with Crippen LogP contribution in [0.4, 0.5) is 0 Å². The SMILES string of the molecule is CCC(Oc1ccc2ccccc2c1)C(=O)NC(C)c1ccc2c(c1)CCCC2. The zero-order chi connectivity index (χ0) is 20.2. The van der Waals surface area contributed by atoms with Crippen LogP contribution in [-0.4, -0.2) is 12.0 Å². The number of aryl methyl sites for hydroxylation is 2. The van der Waals surface area contributed by atoms with Crippen LogP contribution in [0.1, 0.15) is 55.8 Å². The fourth-order valence-corrected chi connectivity index (χ4v) is 4.14. The van der Waals surface area contributed by atoms with Gasteiger partial charge in [-0.1, -0.05) is 55.5 Å². The van der Waals surface area contributed by atoms with Crippen LogP contribution in [0.3, 0.4) is 0 Å². The van der Waals surface area contributed by atoms with E-state index in [0.717, 1.165) is 17.6 Å². The molecule has 0 saturated carbocycles. The highest BCUT2D eigenvalue weighted by Crippen LogP contribution is 2.25. The maximum atomic E-state index is 12.9. The Kier molecular flexibility index (Phi) is 5.84. The molecule has 1 amide bonds. The van der Waals surface area contributed by atoms with Gasteiger partial charge in [0.15, 0.2) is 6.10 Å². The number of amides is 1. The van der Waals surface area contributed by atoms with Crippen LogP contribution in [-0.2, 0) is 17.6 Å². The maximum absolute atomic E-state index is 12.9. The van der Waals surface area contributed by atoms with Crippen LogP contribution in [0.25, 0.3) is 10.8 Å². The van der Waals surface area contributed by atoms with E-state index in [-0.39, 0.29) is 11.9 Å². The summed E-state index contributed by atoms with van der Waals surface area (Å²) in [5.74, 6) is 0.665. The van der Waals surface area contributed by atoms with Gasteiger partial charge in [-0.15, -0.1) is 0 Å². The molecule has 3 aromatic carbocycles. The van der Waals surface area contributed by atoms with Crippen LogP contribution >= 0.6 is 0 Å². The Morgan fingerprint density at radius 3 is 2.52 bits per heavy atom. The van der Waals surface area contributed by atoms with Crippen molar-refractivity contribution in [2.45, 2.75) is 58.1 Å². The zero-order valence-electron chi connectivity index (χ0n) is 17.3. The molecule has 0 spiro atoms. The van der Waals surface area contributed by atoms with Crippen molar-refractivity contribution >= 4 is 16.7 Å². The third-order valence-electron chi connectivity index (χ3n) is 5.89. The van der Waals surface area contributed by atoms with Crippen molar-refractivity contribution in [1.82, 2.24) is 5.32 Å². The minimum absolute atomic E-state index is 0.0380. The summed E-state index contributed by atoms with van der Waals surface area (Å²) < 4.78 is 6.05. The smallest absolute Gasteiger partial charge is 0.261 e. The van der Waals surface area contributed by atoms with E-state index in [9.17, 15) is 4.79 Å². The first-order chi connectivity index (χ1) is 14.1. The predicted molar refractivity (Wildman–Crippen MR) is 118 cm³/mol. The molecular formula is C26H29NO2. The van der Waals surface area contributed by atoms with Gasteiger partial charge in [-0.3, -0.25) is 4.79 Å². The second kappa shape index (κ2) is 8.69. The van der Waals surface area contributed by atoms with Crippen LogP contribution < -0.4 is 10.1 Å². The molecule has 0 fully saturated rings. The van der Waals surface area contributed by atoms with Gasteiger partial charge in [-0.05, 0) is 78.6 Å². The van der Waals surface area contributed by atoms with Crippen molar-refractivity contribution in [2.75, 3.05) is 0 Å². The molecule has 0 bridgehead atoms. The summed E-state index contributed by atoms with van der Waals surface area (Å²) in [5.41, 5.74) is 4.07. The minimum atomic E-state index is -0.503. The number of fused-ring (bicyclic) bond motifs is 2. The first-order valence-electron chi connectivity index (χ1n) is 10.7. The van der Waals surface area contributed by atoms with Crippen molar-refractivity contribution in [2.24, 2.45) is 0 Å². The first kappa shape index (κ1) is 19.5. The molecule has 29 heavy (non-hydrogen) atoms. The molecular weight excluding hydrogens is 358 g/mol. The molecule has 150 valence electrons. The molecule has 0 aromatic heterocycles. The average molecular weight is 388 g/mol. The molecule has 4 rings (SSSR count). The fraction of sp³-hybridized carbons (Fsp3) is 0.346. The summed E-state index contributed by atoms with van der Waals surface area (Å²) in [7, 11) is 0. The third kappa shape index (κ3) is 4.45. The molecule has 0 aliphatic heterocycles. The molecule has 0 heterocycles. The van der Waals surface area contributed by atoms with Gasteiger partial charge in [-0.2, -0.15) is 0 Å². The van der Waals surface area contributed by atoms with Gasteiger partial charge in [-0.25, -0.2) is 0 Å². The van der Waals surface area contributed by atoms with Gasteiger partial charge in [0.05, 0.1) is 6.04 Å². The average Bonchev–Trinajstić information content (AvgIpc) is 2.76. The van der Waals surface area contributed by atoms with Crippen LogP contribution in [0, 0.1) is 0 Å². The van der Waals surface area contributed by atoms with E-state index in [1.807, 2.05) is 44.2 Å². The number of benzene rings is 3. The zero-order valence-corrected chi connectivity index (χ0v) is 17.3. The molecule has 1 aliphatic carbocycles. The molecule has 1 aliphatic rings. The summed E-state index contributed by atoms with van der Waals surface area (Å²) in [6.07, 6.45) is 4.98. The largest absolute Gasteiger partial charge is 0.481 e. The first-order valence-corrected chi connectivity index (χ1v) is 10.7. The van der Waals surface area contributed by atoms with Crippen molar-refractivity contribution in [3.63, 3.8) is 0 Å². The number of carbonyl (C=O) groups excluding carboxylic acids is 1. The lowest BCUT2D eigenvalue weighted by atomic mass is 9.89. The molecule has 2 atom stereocenters. The van der Waals surface area contributed by atoms with E-state index in [1.165, 1.54) is 41.3 Å². The highest BCUT2D eigenvalue weighted by molar-refractivity contribution is 5.84. The van der Waals surface area contributed by atoms with E-state index in [4.69, 9.17) is 4.74 Å². The Morgan fingerprint density at radius 2 is 1.72 bits per heavy atom. The number of ether oxygens (including phenoxy) is 1. The molecule has 1 N–H and O–H groups in total. The third-order valence-corrected chi connectivity index (χ3v) is 5.89. The molecule has 3 heteroatoms. The van der Waals surface area contributed by atoms with Crippen molar-refractivity contribution < 1.29 is 9.53 Å². The van der Waals surface area contributed by atoms with Gasteiger partial charge < -0.3 is 10.1 Å². The van der Waals surface area contributed by atoms with Crippen LogP contribution in [0.2, 0.25) is 0 Å². The highest BCUT2D eigenvalue weighted by Gasteiger charge is 2.21. The van der Waals surface area contributed by atoms with Crippen LogP contribution in [0.15, 0.2) is 60.7 Å². The lowest BCUT2D eigenvalue weighted by Crippen LogP contribution is -2.39. The quantitative estimate of drug-likeness (QED) is 0.584.